The molecule has 1 aliphatic rings. The van der Waals surface area contributed by atoms with Crippen LogP contribution in [0.25, 0.3) is 10.8 Å². The van der Waals surface area contributed by atoms with E-state index in [-0.39, 0.29) is 49.0 Å². The molecule has 1 aliphatic heterocycles. The topological polar surface area (TPSA) is 98.8 Å². The fourth-order valence-electron chi connectivity index (χ4n) is 5.29. The van der Waals surface area contributed by atoms with Gasteiger partial charge >= 0.3 is 0 Å². The van der Waals surface area contributed by atoms with E-state index in [1.54, 1.807) is 48.0 Å². The monoisotopic (exact) mass is 598 g/mol. The van der Waals surface area contributed by atoms with E-state index in [1.165, 1.54) is 6.92 Å². The summed E-state index contributed by atoms with van der Waals surface area (Å²) in [6.45, 7) is 5.40. The number of carbonyl (C=O) groups is 4. The Morgan fingerprint density at radius 2 is 1.51 bits per heavy atom. The number of halogens is 1. The Hall–Kier alpha value is -4.53. The van der Waals surface area contributed by atoms with Gasteiger partial charge in [0.2, 0.25) is 5.91 Å². The predicted octanol–water partition coefficient (Wildman–Crippen LogP) is 5.06. The van der Waals surface area contributed by atoms with E-state index in [0.29, 0.717) is 22.5 Å². The highest BCUT2D eigenvalue weighted by Crippen LogP contribution is 2.36. The number of carbonyl (C=O) groups excluding carboxylic acids is 4. The van der Waals surface area contributed by atoms with E-state index >= 15 is 0 Å². The van der Waals surface area contributed by atoms with Gasteiger partial charge in [-0.25, -0.2) is 0 Å². The zero-order chi connectivity index (χ0) is 30.0. The number of aryl methyl sites for hydroxylation is 1. The highest BCUT2D eigenvalue weighted by molar-refractivity contribution is 6.13. The summed E-state index contributed by atoms with van der Waals surface area (Å²) in [5, 5.41) is 7.90. The van der Waals surface area contributed by atoms with Gasteiger partial charge in [0.15, 0.2) is 5.78 Å². The lowest BCUT2D eigenvalue weighted by molar-refractivity contribution is -0.128. The quantitative estimate of drug-likeness (QED) is 0.290. The number of likely N-dealkylation sites (N-methyl/N-ethyl adjacent to an activating group) is 1. The Morgan fingerprint density at radius 1 is 0.884 bits per heavy atom. The van der Waals surface area contributed by atoms with E-state index in [4.69, 9.17) is 0 Å². The highest BCUT2D eigenvalue weighted by Gasteiger charge is 2.38. The second-order valence-corrected chi connectivity index (χ2v) is 10.6. The number of hydrogen-bond donors (Lipinski definition) is 2. The Balaban J connectivity index is 0.00000423. The molecule has 222 valence electrons. The van der Waals surface area contributed by atoms with Crippen molar-refractivity contribution in [1.82, 2.24) is 10.6 Å². The maximum atomic E-state index is 14.3. The lowest BCUT2D eigenvalue weighted by Crippen LogP contribution is -2.55. The number of nitrogens with zero attached hydrogens (tertiary/aromatic N) is 2. The number of Topliss-reactive ketones (excluding diaryl/α,β-unsaturated/α-hetero) is 1. The number of amides is 3. The van der Waals surface area contributed by atoms with Crippen LogP contribution in [0, 0.1) is 6.92 Å². The SMILES string of the molecule is CNC(C)C(=O)NC1CN(C(=O)c2ccc(C(C)=O)cc2)c2ccccc2N(Cc2c(C)ccc3ccccc23)C1=O.Cl. The molecule has 3 amide bonds. The van der Waals surface area contributed by atoms with Gasteiger partial charge < -0.3 is 20.4 Å². The van der Waals surface area contributed by atoms with Crippen molar-refractivity contribution in [3.05, 3.63) is 107 Å². The second kappa shape index (κ2) is 13.2. The van der Waals surface area contributed by atoms with Gasteiger partial charge in [-0.3, -0.25) is 19.2 Å². The molecule has 9 heteroatoms. The van der Waals surface area contributed by atoms with Gasteiger partial charge in [-0.2, -0.15) is 0 Å². The van der Waals surface area contributed by atoms with Crippen molar-refractivity contribution in [3.63, 3.8) is 0 Å². The van der Waals surface area contributed by atoms with Gasteiger partial charge in [0.1, 0.15) is 6.04 Å². The second-order valence-electron chi connectivity index (χ2n) is 10.6. The third-order valence-electron chi connectivity index (χ3n) is 7.91. The van der Waals surface area contributed by atoms with Crippen molar-refractivity contribution in [3.8, 4) is 0 Å². The molecule has 0 saturated carbocycles. The molecule has 2 unspecified atom stereocenters. The molecule has 0 saturated heterocycles. The molecule has 8 nitrogen and oxygen atoms in total. The number of rotatable bonds is 7. The van der Waals surface area contributed by atoms with Crippen LogP contribution in [0.3, 0.4) is 0 Å². The molecule has 0 aromatic heterocycles. The molecule has 1 heterocycles. The van der Waals surface area contributed by atoms with Crippen molar-refractivity contribution in [2.75, 3.05) is 23.4 Å². The van der Waals surface area contributed by atoms with Gasteiger partial charge in [-0.15, -0.1) is 12.4 Å². The highest BCUT2D eigenvalue weighted by atomic mass is 35.5. The first-order valence-electron chi connectivity index (χ1n) is 14.0. The number of benzene rings is 4. The number of fused-ring (bicyclic) bond motifs is 2. The molecule has 4 aromatic rings. The summed E-state index contributed by atoms with van der Waals surface area (Å²) in [6.07, 6.45) is 0. The van der Waals surface area contributed by atoms with Crippen LogP contribution >= 0.6 is 12.4 Å². The van der Waals surface area contributed by atoms with Gasteiger partial charge in [0.25, 0.3) is 11.8 Å². The molecule has 2 N–H and O–H groups in total. The van der Waals surface area contributed by atoms with Crippen molar-refractivity contribution in [2.24, 2.45) is 0 Å². The summed E-state index contributed by atoms with van der Waals surface area (Å²) in [5.41, 5.74) is 4.02. The van der Waals surface area contributed by atoms with Crippen molar-refractivity contribution in [1.29, 1.82) is 0 Å². The predicted molar refractivity (Wildman–Crippen MR) is 172 cm³/mol. The molecule has 0 aliphatic carbocycles. The Bertz CT molecular complexity index is 1690. The molecule has 2 atom stereocenters. The first-order valence-corrected chi connectivity index (χ1v) is 14.0. The zero-order valence-corrected chi connectivity index (χ0v) is 25.4. The van der Waals surface area contributed by atoms with Crippen molar-refractivity contribution >= 4 is 58.1 Å². The Kier molecular flexibility index (Phi) is 9.63. The first-order chi connectivity index (χ1) is 20.2. The lowest BCUT2D eigenvalue weighted by atomic mass is 9.99. The molecular formula is C34H35ClN4O4. The third-order valence-corrected chi connectivity index (χ3v) is 7.91. The van der Waals surface area contributed by atoms with Crippen LogP contribution in [0.2, 0.25) is 0 Å². The molecule has 5 rings (SSSR count). The largest absolute Gasteiger partial charge is 0.341 e. The molecule has 0 radical (unpaired) electrons. The fraction of sp³-hybridized carbons (Fsp3) is 0.235. The first kappa shape index (κ1) is 31.4. The molecule has 43 heavy (non-hydrogen) atoms. The molecule has 4 aromatic carbocycles. The van der Waals surface area contributed by atoms with Gasteiger partial charge in [0.05, 0.1) is 30.5 Å². The van der Waals surface area contributed by atoms with Gasteiger partial charge in [0, 0.05) is 11.1 Å². The van der Waals surface area contributed by atoms with Crippen LogP contribution in [-0.2, 0) is 16.1 Å². The van der Waals surface area contributed by atoms with E-state index in [1.807, 2.05) is 61.5 Å². The minimum atomic E-state index is -1.00. The lowest BCUT2D eigenvalue weighted by Gasteiger charge is -2.27. The average Bonchev–Trinajstić information content (AvgIpc) is 3.12. The summed E-state index contributed by atoms with van der Waals surface area (Å²) in [7, 11) is 1.67. The van der Waals surface area contributed by atoms with Crippen LogP contribution in [0.15, 0.2) is 84.9 Å². The standard InChI is InChI=1S/C34H34N4O4.ClH/c1-21-13-14-25-9-5-6-10-27(25)28(21)19-37-30-11-7-8-12-31(30)38(20-29(34(37)42)36-32(40)22(2)35-4)33(41)26-17-15-24(16-18-26)23(3)39;/h5-18,22,29,35H,19-20H2,1-4H3,(H,36,40);1H. The normalized spacial score (nSPS) is 15.3. The van der Waals surface area contributed by atoms with Crippen LogP contribution in [-0.4, -0.2) is 49.2 Å². The average molecular weight is 599 g/mol. The molecular weight excluding hydrogens is 564 g/mol. The summed E-state index contributed by atoms with van der Waals surface area (Å²) >= 11 is 0. The molecule has 0 bridgehead atoms. The van der Waals surface area contributed by atoms with Crippen LogP contribution in [0.1, 0.15) is 45.7 Å². The smallest absolute Gasteiger partial charge is 0.258 e. The number of ketones is 1. The number of para-hydroxylation sites is 2. The van der Waals surface area contributed by atoms with Gasteiger partial charge in [-0.05, 0) is 74.0 Å². The maximum absolute atomic E-state index is 14.3. The van der Waals surface area contributed by atoms with Gasteiger partial charge in [-0.1, -0.05) is 60.7 Å². The summed E-state index contributed by atoms with van der Waals surface area (Å²) in [6, 6.07) is 24.4. The van der Waals surface area contributed by atoms with E-state index in [0.717, 1.165) is 21.9 Å². The molecule has 0 spiro atoms. The minimum Gasteiger partial charge on any atom is -0.341 e. The number of hydrogen-bond acceptors (Lipinski definition) is 5. The van der Waals surface area contributed by atoms with E-state index in [2.05, 4.69) is 16.7 Å². The van der Waals surface area contributed by atoms with Crippen molar-refractivity contribution < 1.29 is 19.2 Å². The number of nitrogens with one attached hydrogen (secondary N) is 2. The zero-order valence-electron chi connectivity index (χ0n) is 24.6. The van der Waals surface area contributed by atoms with Crippen LogP contribution in [0.5, 0.6) is 0 Å². The Labute approximate surface area is 257 Å². The van der Waals surface area contributed by atoms with Crippen LogP contribution in [0.4, 0.5) is 11.4 Å². The third kappa shape index (κ3) is 6.30. The summed E-state index contributed by atoms with van der Waals surface area (Å²) in [4.78, 5) is 56.4. The maximum Gasteiger partial charge on any atom is 0.258 e. The minimum absolute atomic E-state index is 0. The van der Waals surface area contributed by atoms with Crippen LogP contribution < -0.4 is 20.4 Å². The fourth-order valence-corrected chi connectivity index (χ4v) is 5.29. The molecule has 0 fully saturated rings. The Morgan fingerprint density at radius 3 is 2.19 bits per heavy atom. The van der Waals surface area contributed by atoms with E-state index < -0.39 is 12.1 Å². The summed E-state index contributed by atoms with van der Waals surface area (Å²) < 4.78 is 0. The summed E-state index contributed by atoms with van der Waals surface area (Å²) in [5.74, 6) is -1.09. The van der Waals surface area contributed by atoms with E-state index in [9.17, 15) is 19.2 Å². The van der Waals surface area contributed by atoms with Crippen molar-refractivity contribution in [2.45, 2.75) is 39.4 Å². The number of anilines is 2.